The van der Waals surface area contributed by atoms with E-state index in [1.54, 1.807) is 4.90 Å². The molecule has 4 rings (SSSR count). The van der Waals surface area contributed by atoms with Crippen LogP contribution in [0, 0.1) is 5.92 Å². The summed E-state index contributed by atoms with van der Waals surface area (Å²) in [6.45, 7) is 5.77. The van der Waals surface area contributed by atoms with Crippen molar-refractivity contribution in [2.75, 3.05) is 59.5 Å². The number of unbranched alkanes of at least 4 members (excludes halogenated alkanes) is 2. The third-order valence-electron chi connectivity index (χ3n) is 8.75. The van der Waals surface area contributed by atoms with Crippen LogP contribution in [0.5, 0.6) is 5.75 Å². The maximum absolute atomic E-state index is 13.6. The lowest BCUT2D eigenvalue weighted by molar-refractivity contribution is -0.144. The van der Waals surface area contributed by atoms with Crippen molar-refractivity contribution < 1.29 is 29.0 Å². The number of nitrogens with two attached hydrogens (primary N) is 1. The zero-order valence-electron chi connectivity index (χ0n) is 24.4. The summed E-state index contributed by atoms with van der Waals surface area (Å²) in [4.78, 5) is 57.8. The number of carbonyl (C=O) groups is 4. The Morgan fingerprint density at radius 2 is 1.93 bits per heavy atom. The van der Waals surface area contributed by atoms with Crippen molar-refractivity contribution in [3.63, 3.8) is 0 Å². The van der Waals surface area contributed by atoms with Crippen LogP contribution in [-0.4, -0.2) is 114 Å². The van der Waals surface area contributed by atoms with E-state index >= 15 is 0 Å². The van der Waals surface area contributed by atoms with Gasteiger partial charge in [0.15, 0.2) is 0 Å². The van der Waals surface area contributed by atoms with Gasteiger partial charge in [0.2, 0.25) is 11.8 Å². The third kappa shape index (κ3) is 7.19. The number of aliphatic carboxylic acids is 1. The van der Waals surface area contributed by atoms with Crippen molar-refractivity contribution in [1.29, 1.82) is 0 Å². The highest BCUT2D eigenvalue weighted by Crippen LogP contribution is 2.41. The van der Waals surface area contributed by atoms with Gasteiger partial charge in [-0.05, 0) is 49.4 Å². The fourth-order valence-corrected chi connectivity index (χ4v) is 6.37. The van der Waals surface area contributed by atoms with Gasteiger partial charge >= 0.3 is 12.0 Å². The van der Waals surface area contributed by atoms with Crippen LogP contribution >= 0.6 is 0 Å². The molecule has 11 heteroatoms. The number of rotatable bonds is 14. The summed E-state index contributed by atoms with van der Waals surface area (Å²) in [7, 11) is 1.47. The Morgan fingerprint density at radius 1 is 1.15 bits per heavy atom. The van der Waals surface area contributed by atoms with Gasteiger partial charge in [0.25, 0.3) is 0 Å². The minimum Gasteiger partial charge on any atom is -0.493 e. The monoisotopic (exact) mass is 571 g/mol. The Hall–Kier alpha value is -3.18. The van der Waals surface area contributed by atoms with Gasteiger partial charge in [0.05, 0.1) is 19.1 Å². The van der Waals surface area contributed by atoms with Crippen molar-refractivity contribution in [3.8, 4) is 5.75 Å². The van der Waals surface area contributed by atoms with E-state index in [9.17, 15) is 24.3 Å². The number of hydrogen-bond donors (Lipinski definition) is 2. The minimum atomic E-state index is -0.908. The number of nitrogens with zero attached hydrogens (tertiary/aromatic N) is 4. The Kier molecular flexibility index (Phi) is 10.6. The molecule has 3 aliphatic rings. The van der Waals surface area contributed by atoms with Gasteiger partial charge in [0.1, 0.15) is 5.75 Å². The second kappa shape index (κ2) is 14.1. The molecule has 0 radical (unpaired) electrons. The van der Waals surface area contributed by atoms with Crippen molar-refractivity contribution in [1.82, 2.24) is 19.6 Å². The number of carboxylic acid groups (broad SMARTS) is 1. The molecule has 226 valence electrons. The Morgan fingerprint density at radius 3 is 2.66 bits per heavy atom. The number of amides is 4. The largest absolute Gasteiger partial charge is 0.493 e. The summed E-state index contributed by atoms with van der Waals surface area (Å²) in [5, 5.41) is 10.5. The zero-order valence-corrected chi connectivity index (χ0v) is 24.4. The second-order valence-electron chi connectivity index (χ2n) is 11.4. The van der Waals surface area contributed by atoms with E-state index in [0.29, 0.717) is 52.3 Å². The first kappa shape index (κ1) is 30.8. The molecular formula is C30H45N5O6. The van der Waals surface area contributed by atoms with E-state index < -0.39 is 17.9 Å². The van der Waals surface area contributed by atoms with Crippen molar-refractivity contribution >= 4 is 23.8 Å². The quantitative estimate of drug-likeness (QED) is 0.324. The summed E-state index contributed by atoms with van der Waals surface area (Å²) in [5.41, 5.74) is 7.70. The number of benzene rings is 1. The van der Waals surface area contributed by atoms with Crippen LogP contribution in [0.15, 0.2) is 18.2 Å². The topological polar surface area (TPSA) is 137 Å². The fourth-order valence-electron chi connectivity index (χ4n) is 6.37. The first-order valence-electron chi connectivity index (χ1n) is 15.0. The summed E-state index contributed by atoms with van der Waals surface area (Å²) < 4.78 is 5.67. The van der Waals surface area contributed by atoms with Crippen LogP contribution in [0.1, 0.15) is 62.5 Å². The molecule has 0 aliphatic carbocycles. The second-order valence-corrected chi connectivity index (χ2v) is 11.4. The van der Waals surface area contributed by atoms with Crippen LogP contribution in [0.3, 0.4) is 0 Å². The molecule has 0 saturated carbocycles. The maximum Gasteiger partial charge on any atom is 0.326 e. The Bertz CT molecular complexity index is 1110. The molecule has 0 unspecified atom stereocenters. The number of ether oxygens (including phenoxy) is 1. The zero-order chi connectivity index (χ0) is 29.5. The predicted molar refractivity (Wildman–Crippen MR) is 154 cm³/mol. The molecule has 41 heavy (non-hydrogen) atoms. The molecule has 11 nitrogen and oxygen atoms in total. The molecular weight excluding hydrogens is 526 g/mol. The molecule has 2 saturated heterocycles. The highest BCUT2D eigenvalue weighted by Gasteiger charge is 2.47. The van der Waals surface area contributed by atoms with Crippen LogP contribution in [0.2, 0.25) is 0 Å². The van der Waals surface area contributed by atoms with Gasteiger partial charge in [-0.25, -0.2) is 4.79 Å². The lowest BCUT2D eigenvalue weighted by Crippen LogP contribution is -2.52. The van der Waals surface area contributed by atoms with E-state index in [1.165, 1.54) is 7.05 Å². The first-order chi connectivity index (χ1) is 19.7. The fraction of sp³-hybridized carbons (Fsp3) is 0.667. The number of likely N-dealkylation sites (tertiary alicyclic amines) is 1. The van der Waals surface area contributed by atoms with E-state index in [1.807, 2.05) is 21.9 Å². The van der Waals surface area contributed by atoms with Crippen molar-refractivity contribution in [2.24, 2.45) is 11.7 Å². The van der Waals surface area contributed by atoms with Crippen molar-refractivity contribution in [3.05, 3.63) is 29.3 Å². The van der Waals surface area contributed by atoms with Gasteiger partial charge in [-0.3, -0.25) is 24.2 Å². The number of carboxylic acids is 1. The third-order valence-corrected chi connectivity index (χ3v) is 8.75. The van der Waals surface area contributed by atoms with E-state index in [2.05, 4.69) is 13.0 Å². The Balaban J connectivity index is 1.57. The van der Waals surface area contributed by atoms with Gasteiger partial charge in [-0.2, -0.15) is 0 Å². The first-order valence-corrected chi connectivity index (χ1v) is 15.0. The highest BCUT2D eigenvalue weighted by atomic mass is 16.5. The number of urea groups is 1. The lowest BCUT2D eigenvalue weighted by Gasteiger charge is -2.34. The molecule has 1 aromatic carbocycles. The van der Waals surface area contributed by atoms with Crippen LogP contribution in [0.25, 0.3) is 0 Å². The van der Waals surface area contributed by atoms with Crippen LogP contribution < -0.4 is 10.5 Å². The van der Waals surface area contributed by atoms with E-state index in [4.69, 9.17) is 10.5 Å². The van der Waals surface area contributed by atoms with Crippen molar-refractivity contribution in [2.45, 2.75) is 63.8 Å². The SMILES string of the molecule is CCCCN(CCCCN)C(=O)CN1C[C@H](c2ccc3c(c2)CCO3)[C@@H](C(=O)O)[C@@H]1CCN1CCC(=O)N(C)C1=O. The van der Waals surface area contributed by atoms with Gasteiger partial charge in [0, 0.05) is 64.6 Å². The van der Waals surface area contributed by atoms with Crippen LogP contribution in [-0.2, 0) is 20.8 Å². The summed E-state index contributed by atoms with van der Waals surface area (Å²) in [6.07, 6.45) is 4.97. The molecule has 3 heterocycles. The smallest absolute Gasteiger partial charge is 0.326 e. The summed E-state index contributed by atoms with van der Waals surface area (Å²) in [6, 6.07) is 5.11. The molecule has 2 fully saturated rings. The van der Waals surface area contributed by atoms with E-state index in [0.717, 1.165) is 53.9 Å². The van der Waals surface area contributed by atoms with Gasteiger partial charge in [-0.15, -0.1) is 0 Å². The molecule has 1 aromatic rings. The lowest BCUT2D eigenvalue weighted by atomic mass is 9.83. The molecule has 0 aromatic heterocycles. The molecule has 3 N–H and O–H groups in total. The maximum atomic E-state index is 13.6. The summed E-state index contributed by atoms with van der Waals surface area (Å²) in [5.74, 6) is -1.34. The number of hydrogen-bond acceptors (Lipinski definition) is 7. The molecule has 4 amide bonds. The number of imide groups is 1. The number of carbonyl (C=O) groups excluding carboxylic acids is 3. The predicted octanol–water partition coefficient (Wildman–Crippen LogP) is 2.13. The highest BCUT2D eigenvalue weighted by molar-refractivity contribution is 5.96. The van der Waals surface area contributed by atoms with Crippen LogP contribution in [0.4, 0.5) is 4.79 Å². The molecule has 0 spiro atoms. The number of fused-ring (bicyclic) bond motifs is 1. The average Bonchev–Trinajstić information content (AvgIpc) is 3.57. The van der Waals surface area contributed by atoms with Gasteiger partial charge in [-0.1, -0.05) is 25.5 Å². The summed E-state index contributed by atoms with van der Waals surface area (Å²) >= 11 is 0. The molecule has 3 aliphatic heterocycles. The average molecular weight is 572 g/mol. The molecule has 3 atom stereocenters. The van der Waals surface area contributed by atoms with Gasteiger partial charge < -0.3 is 25.4 Å². The normalized spacial score (nSPS) is 22.7. The minimum absolute atomic E-state index is 0.00741. The van der Waals surface area contributed by atoms with E-state index in [-0.39, 0.29) is 36.7 Å². The Labute approximate surface area is 242 Å². The standard InChI is InChI=1S/C30H45N5O6/c1-3-4-13-33(14-6-5-12-31)27(37)20-35-19-23(21-7-8-25-22(18-21)11-17-41-25)28(29(38)39)24(35)9-15-34-16-10-26(36)32(2)30(34)40/h7-8,18,23-24,28H,3-6,9-17,19-20,31H2,1-2H3,(H,38,39)/t23-,24+,28-/m1/s1. The molecule has 0 bridgehead atoms.